The number of phenols is 1. The number of para-hydroxylation sites is 2. The van der Waals surface area contributed by atoms with E-state index < -0.39 is 5.97 Å². The number of fused-ring (bicyclic) bond motifs is 1. The molecule has 0 fully saturated rings. The molecule has 6 nitrogen and oxygen atoms in total. The normalized spacial score (nSPS) is 10.8. The first kappa shape index (κ1) is 19.6. The Morgan fingerprint density at radius 3 is 2.70 bits per heavy atom. The molecule has 0 aliphatic rings. The van der Waals surface area contributed by atoms with Gasteiger partial charge in [0.15, 0.2) is 0 Å². The van der Waals surface area contributed by atoms with E-state index >= 15 is 0 Å². The average molecular weight is 499 g/mol. The Labute approximate surface area is 172 Å². The minimum atomic E-state index is -0.490. The summed E-state index contributed by atoms with van der Waals surface area (Å²) in [5, 5.41) is 13.6. The molecular formula is C19H17Br2NO5. The van der Waals surface area contributed by atoms with Crippen LogP contribution in [-0.2, 0) is 11.3 Å². The van der Waals surface area contributed by atoms with E-state index in [9.17, 15) is 9.90 Å². The lowest BCUT2D eigenvalue weighted by Crippen LogP contribution is -2.09. The van der Waals surface area contributed by atoms with Gasteiger partial charge in [0.25, 0.3) is 0 Å². The summed E-state index contributed by atoms with van der Waals surface area (Å²) in [4.78, 5) is 12.6. The molecule has 142 valence electrons. The number of carbonyl (C=O) groups is 1. The number of anilines is 1. The van der Waals surface area contributed by atoms with Gasteiger partial charge < -0.3 is 24.3 Å². The van der Waals surface area contributed by atoms with E-state index in [1.807, 2.05) is 0 Å². The lowest BCUT2D eigenvalue weighted by atomic mass is 10.1. The molecule has 0 atom stereocenters. The second-order valence-corrected chi connectivity index (χ2v) is 7.22. The zero-order valence-corrected chi connectivity index (χ0v) is 17.8. The van der Waals surface area contributed by atoms with Crippen LogP contribution in [0.4, 0.5) is 5.69 Å². The number of furan rings is 1. The summed E-state index contributed by atoms with van der Waals surface area (Å²) in [7, 11) is 1.54. The van der Waals surface area contributed by atoms with Crippen LogP contribution in [0.5, 0.6) is 11.5 Å². The molecule has 0 aliphatic heterocycles. The van der Waals surface area contributed by atoms with Gasteiger partial charge in [0.2, 0.25) is 0 Å². The summed E-state index contributed by atoms with van der Waals surface area (Å²) >= 11 is 6.94. The third kappa shape index (κ3) is 3.77. The Kier molecular flexibility index (Phi) is 5.96. The van der Waals surface area contributed by atoms with Crippen LogP contribution in [0.3, 0.4) is 0 Å². The molecule has 27 heavy (non-hydrogen) atoms. The van der Waals surface area contributed by atoms with Crippen molar-refractivity contribution in [1.29, 1.82) is 0 Å². The van der Waals surface area contributed by atoms with Crippen LogP contribution in [0.2, 0.25) is 0 Å². The van der Waals surface area contributed by atoms with Crippen LogP contribution in [0.1, 0.15) is 23.0 Å². The van der Waals surface area contributed by atoms with E-state index in [2.05, 4.69) is 37.2 Å². The van der Waals surface area contributed by atoms with Gasteiger partial charge in [-0.3, -0.25) is 0 Å². The zero-order chi connectivity index (χ0) is 19.6. The van der Waals surface area contributed by atoms with Crippen molar-refractivity contribution in [3.63, 3.8) is 0 Å². The SMILES string of the molecule is CCOC(=O)c1c(CNc2ccccc2O)oc2cc(Br)c(OC)c(Br)c12. The van der Waals surface area contributed by atoms with Gasteiger partial charge in [-0.25, -0.2) is 4.79 Å². The predicted octanol–water partition coefficient (Wildman–Crippen LogP) is 5.46. The van der Waals surface area contributed by atoms with Gasteiger partial charge in [0.1, 0.15) is 28.4 Å². The minimum absolute atomic E-state index is 0.108. The van der Waals surface area contributed by atoms with E-state index in [0.29, 0.717) is 42.7 Å². The average Bonchev–Trinajstić information content (AvgIpc) is 3.00. The largest absolute Gasteiger partial charge is 0.506 e. The summed E-state index contributed by atoms with van der Waals surface area (Å²) in [6.45, 7) is 2.17. The van der Waals surface area contributed by atoms with Crippen molar-refractivity contribution >= 4 is 54.5 Å². The van der Waals surface area contributed by atoms with Crippen LogP contribution in [0, 0.1) is 0 Å². The van der Waals surface area contributed by atoms with Crippen LogP contribution in [-0.4, -0.2) is 24.8 Å². The second kappa shape index (κ2) is 8.22. The summed E-state index contributed by atoms with van der Waals surface area (Å²) < 4.78 is 17.8. The van der Waals surface area contributed by atoms with Crippen molar-refractivity contribution in [3.8, 4) is 11.5 Å². The number of aromatic hydroxyl groups is 1. The van der Waals surface area contributed by atoms with E-state index in [-0.39, 0.29) is 18.9 Å². The van der Waals surface area contributed by atoms with Crippen LogP contribution in [0.25, 0.3) is 11.0 Å². The monoisotopic (exact) mass is 497 g/mol. The highest BCUT2D eigenvalue weighted by molar-refractivity contribution is 9.11. The summed E-state index contributed by atoms with van der Waals surface area (Å²) in [6, 6.07) is 8.58. The van der Waals surface area contributed by atoms with Crippen molar-refractivity contribution in [1.82, 2.24) is 0 Å². The van der Waals surface area contributed by atoms with Crippen molar-refractivity contribution in [3.05, 3.63) is 50.6 Å². The predicted molar refractivity (Wildman–Crippen MR) is 110 cm³/mol. The number of carbonyl (C=O) groups excluding carboxylic acids is 1. The quantitative estimate of drug-likeness (QED) is 0.347. The third-order valence-corrected chi connectivity index (χ3v) is 5.27. The standard InChI is InChI=1S/C19H17Br2NO5/c1-3-26-19(24)16-14(9-22-11-6-4-5-7-12(11)23)27-13-8-10(20)18(25-2)17(21)15(13)16/h4-8,22-23H,3,9H2,1-2H3. The van der Waals surface area contributed by atoms with Crippen LogP contribution < -0.4 is 10.1 Å². The number of benzene rings is 2. The molecular weight excluding hydrogens is 482 g/mol. The van der Waals surface area contributed by atoms with Crippen LogP contribution >= 0.6 is 31.9 Å². The fraction of sp³-hybridized carbons (Fsp3) is 0.211. The third-order valence-electron chi connectivity index (χ3n) is 3.93. The lowest BCUT2D eigenvalue weighted by molar-refractivity contribution is 0.0526. The van der Waals surface area contributed by atoms with Gasteiger partial charge in [0, 0.05) is 0 Å². The first-order valence-corrected chi connectivity index (χ1v) is 9.72. The maximum atomic E-state index is 12.6. The highest BCUT2D eigenvalue weighted by Gasteiger charge is 2.26. The van der Waals surface area contributed by atoms with E-state index in [4.69, 9.17) is 13.9 Å². The number of rotatable bonds is 6. The molecule has 0 saturated heterocycles. The van der Waals surface area contributed by atoms with Gasteiger partial charge in [0.05, 0.1) is 40.3 Å². The maximum absolute atomic E-state index is 12.6. The van der Waals surface area contributed by atoms with Gasteiger partial charge in [-0.2, -0.15) is 0 Å². The number of esters is 1. The zero-order valence-electron chi connectivity index (χ0n) is 14.6. The highest BCUT2D eigenvalue weighted by atomic mass is 79.9. The van der Waals surface area contributed by atoms with Gasteiger partial charge in [-0.15, -0.1) is 0 Å². The Morgan fingerprint density at radius 1 is 1.30 bits per heavy atom. The van der Waals surface area contributed by atoms with E-state index in [1.165, 1.54) is 0 Å². The number of phenolic OH excluding ortho intramolecular Hbond substituents is 1. The molecule has 3 aromatic rings. The van der Waals surface area contributed by atoms with Gasteiger partial charge >= 0.3 is 5.97 Å². The Morgan fingerprint density at radius 2 is 2.04 bits per heavy atom. The van der Waals surface area contributed by atoms with Crippen LogP contribution in [0.15, 0.2) is 43.7 Å². The summed E-state index contributed by atoms with van der Waals surface area (Å²) in [6.07, 6.45) is 0. The topological polar surface area (TPSA) is 80.9 Å². The number of hydrogen-bond donors (Lipinski definition) is 2. The Bertz CT molecular complexity index is 999. The number of ether oxygens (including phenoxy) is 2. The molecule has 0 spiro atoms. The summed E-state index contributed by atoms with van der Waals surface area (Å²) in [5.74, 6) is 0.564. The number of halogens is 2. The van der Waals surface area contributed by atoms with E-state index in [0.717, 1.165) is 0 Å². The highest BCUT2D eigenvalue weighted by Crippen LogP contribution is 2.43. The minimum Gasteiger partial charge on any atom is -0.506 e. The maximum Gasteiger partial charge on any atom is 0.342 e. The Hall–Kier alpha value is -2.19. The lowest BCUT2D eigenvalue weighted by Gasteiger charge is -2.09. The molecule has 0 amide bonds. The van der Waals surface area contributed by atoms with Gasteiger partial charge in [-0.1, -0.05) is 12.1 Å². The molecule has 0 bridgehead atoms. The molecule has 0 saturated carbocycles. The first-order chi connectivity index (χ1) is 13.0. The van der Waals surface area contributed by atoms with Crippen molar-refractivity contribution in [2.45, 2.75) is 13.5 Å². The first-order valence-electron chi connectivity index (χ1n) is 8.14. The number of nitrogens with one attached hydrogen (secondary N) is 1. The fourth-order valence-electron chi connectivity index (χ4n) is 2.75. The molecule has 3 rings (SSSR count). The molecule has 8 heteroatoms. The second-order valence-electron chi connectivity index (χ2n) is 5.57. The molecule has 1 heterocycles. The number of hydrogen-bond acceptors (Lipinski definition) is 6. The molecule has 0 radical (unpaired) electrons. The summed E-state index contributed by atoms with van der Waals surface area (Å²) in [5.41, 5.74) is 1.35. The molecule has 0 aliphatic carbocycles. The smallest absolute Gasteiger partial charge is 0.342 e. The van der Waals surface area contributed by atoms with Gasteiger partial charge in [-0.05, 0) is 57.0 Å². The van der Waals surface area contributed by atoms with E-state index in [1.54, 1.807) is 44.4 Å². The molecule has 2 N–H and O–H groups in total. The Balaban J connectivity index is 2.10. The fourth-order valence-corrected chi connectivity index (χ4v) is 4.35. The molecule has 2 aromatic carbocycles. The van der Waals surface area contributed by atoms with Crippen molar-refractivity contribution < 1.29 is 23.8 Å². The molecule has 1 aromatic heterocycles. The van der Waals surface area contributed by atoms with Crippen molar-refractivity contribution in [2.24, 2.45) is 0 Å². The molecule has 0 unspecified atom stereocenters. The number of methoxy groups -OCH3 is 1. The van der Waals surface area contributed by atoms with Crippen molar-refractivity contribution in [2.75, 3.05) is 19.0 Å².